The van der Waals surface area contributed by atoms with E-state index >= 15 is 0 Å². The van der Waals surface area contributed by atoms with E-state index in [1.807, 2.05) is 0 Å². The second kappa shape index (κ2) is 8.39. The molecule has 2 fully saturated rings. The van der Waals surface area contributed by atoms with Crippen LogP contribution in [0, 0.1) is 0 Å². The predicted molar refractivity (Wildman–Crippen MR) is 97.4 cm³/mol. The minimum atomic E-state index is -3.45. The van der Waals surface area contributed by atoms with Gasteiger partial charge >= 0.3 is 11.9 Å². The summed E-state index contributed by atoms with van der Waals surface area (Å²) in [6.07, 6.45) is 2.73. The number of ether oxygens (including phenoxy) is 2. The van der Waals surface area contributed by atoms with Gasteiger partial charge in [-0.15, -0.1) is 0 Å². The average Bonchev–Trinajstić information content (AvgIpc) is 2.98. The number of hydrogen-bond acceptors (Lipinski definition) is 6. The standard InChI is InChI=1S/C19H25NO6S/c1-14-13-17(19(22)25-14)26-18(21)10-7-15-5-8-16(9-6-15)27(23,24)20-11-3-2-4-12-20/h5-6,8-9,14,17H,2-4,7,10-13H2,1H3/t14-,17-/m0/s1. The third-order valence-corrected chi connectivity index (χ3v) is 6.81. The van der Waals surface area contributed by atoms with Crippen LogP contribution in [0.4, 0.5) is 0 Å². The third-order valence-electron chi connectivity index (χ3n) is 4.89. The first-order valence-corrected chi connectivity index (χ1v) is 10.8. The number of esters is 2. The van der Waals surface area contributed by atoms with Gasteiger partial charge in [-0.1, -0.05) is 18.6 Å². The number of carbonyl (C=O) groups excluding carboxylic acids is 2. The molecule has 0 aliphatic carbocycles. The minimum Gasteiger partial charge on any atom is -0.460 e. The Labute approximate surface area is 159 Å². The molecule has 7 nitrogen and oxygen atoms in total. The molecule has 2 atom stereocenters. The van der Waals surface area contributed by atoms with Gasteiger partial charge < -0.3 is 9.47 Å². The van der Waals surface area contributed by atoms with Crippen LogP contribution in [-0.2, 0) is 35.5 Å². The zero-order chi connectivity index (χ0) is 19.4. The van der Waals surface area contributed by atoms with Crippen molar-refractivity contribution in [2.75, 3.05) is 13.1 Å². The van der Waals surface area contributed by atoms with Crippen molar-refractivity contribution in [3.05, 3.63) is 29.8 Å². The lowest BCUT2D eigenvalue weighted by molar-refractivity contribution is -0.160. The van der Waals surface area contributed by atoms with E-state index < -0.39 is 28.1 Å². The summed E-state index contributed by atoms with van der Waals surface area (Å²) in [6.45, 7) is 2.89. The SMILES string of the molecule is C[C@H]1C[C@H](OC(=O)CCc2ccc(S(=O)(=O)N3CCCCC3)cc2)C(=O)O1. The van der Waals surface area contributed by atoms with Gasteiger partial charge in [-0.25, -0.2) is 13.2 Å². The van der Waals surface area contributed by atoms with Crippen molar-refractivity contribution in [3.8, 4) is 0 Å². The summed E-state index contributed by atoms with van der Waals surface area (Å²) >= 11 is 0. The summed E-state index contributed by atoms with van der Waals surface area (Å²) in [5.74, 6) is -0.959. The van der Waals surface area contributed by atoms with Crippen LogP contribution >= 0.6 is 0 Å². The highest BCUT2D eigenvalue weighted by Crippen LogP contribution is 2.22. The highest BCUT2D eigenvalue weighted by atomic mass is 32.2. The summed E-state index contributed by atoms with van der Waals surface area (Å²) < 4.78 is 36.9. The van der Waals surface area contributed by atoms with Crippen LogP contribution in [0.5, 0.6) is 0 Å². The van der Waals surface area contributed by atoms with Crippen molar-refractivity contribution in [2.45, 2.75) is 62.6 Å². The van der Waals surface area contributed by atoms with Gasteiger partial charge in [0.05, 0.1) is 4.90 Å². The molecular formula is C19H25NO6S. The highest BCUT2D eigenvalue weighted by molar-refractivity contribution is 7.89. The van der Waals surface area contributed by atoms with Crippen LogP contribution in [-0.4, -0.2) is 50.0 Å². The van der Waals surface area contributed by atoms with Crippen molar-refractivity contribution in [1.29, 1.82) is 0 Å². The van der Waals surface area contributed by atoms with E-state index in [0.717, 1.165) is 24.8 Å². The molecule has 2 aliphatic rings. The second-order valence-electron chi connectivity index (χ2n) is 7.07. The smallest absolute Gasteiger partial charge is 0.347 e. The van der Waals surface area contributed by atoms with Gasteiger partial charge in [0.25, 0.3) is 0 Å². The molecule has 0 bridgehead atoms. The lowest BCUT2D eigenvalue weighted by Gasteiger charge is -2.25. The normalized spacial score (nSPS) is 23.8. The van der Waals surface area contributed by atoms with E-state index in [2.05, 4.69) is 0 Å². The van der Waals surface area contributed by atoms with Crippen molar-refractivity contribution >= 4 is 22.0 Å². The Balaban J connectivity index is 1.53. The fourth-order valence-corrected chi connectivity index (χ4v) is 4.88. The molecule has 1 aromatic carbocycles. The Morgan fingerprint density at radius 2 is 1.85 bits per heavy atom. The Morgan fingerprint density at radius 1 is 1.19 bits per heavy atom. The van der Waals surface area contributed by atoms with Crippen LogP contribution in [0.3, 0.4) is 0 Å². The zero-order valence-electron chi connectivity index (χ0n) is 15.4. The topological polar surface area (TPSA) is 90.0 Å². The van der Waals surface area contributed by atoms with E-state index in [1.54, 1.807) is 31.2 Å². The molecule has 8 heteroatoms. The number of aryl methyl sites for hydroxylation is 1. The van der Waals surface area contributed by atoms with Crippen LogP contribution in [0.2, 0.25) is 0 Å². The van der Waals surface area contributed by atoms with Gasteiger partial charge in [0.1, 0.15) is 6.10 Å². The fourth-order valence-electron chi connectivity index (χ4n) is 3.36. The van der Waals surface area contributed by atoms with Crippen LogP contribution < -0.4 is 0 Å². The van der Waals surface area contributed by atoms with E-state index in [4.69, 9.17) is 9.47 Å². The molecule has 2 saturated heterocycles. The van der Waals surface area contributed by atoms with Crippen molar-refractivity contribution in [3.63, 3.8) is 0 Å². The Morgan fingerprint density at radius 3 is 2.44 bits per heavy atom. The van der Waals surface area contributed by atoms with Crippen molar-refractivity contribution in [1.82, 2.24) is 4.31 Å². The maximum atomic E-state index is 12.6. The summed E-state index contributed by atoms with van der Waals surface area (Å²) in [7, 11) is -3.45. The first-order chi connectivity index (χ1) is 12.9. The number of piperidine rings is 1. The average molecular weight is 395 g/mol. The molecule has 27 heavy (non-hydrogen) atoms. The van der Waals surface area contributed by atoms with Gasteiger partial charge in [-0.2, -0.15) is 4.31 Å². The zero-order valence-corrected chi connectivity index (χ0v) is 16.2. The molecule has 0 amide bonds. The molecule has 0 saturated carbocycles. The first-order valence-electron chi connectivity index (χ1n) is 9.35. The minimum absolute atomic E-state index is 0.121. The fraction of sp³-hybridized carbons (Fsp3) is 0.579. The summed E-state index contributed by atoms with van der Waals surface area (Å²) in [6, 6.07) is 6.60. The van der Waals surface area contributed by atoms with E-state index in [-0.39, 0.29) is 17.4 Å². The molecule has 0 radical (unpaired) electrons. The highest BCUT2D eigenvalue weighted by Gasteiger charge is 2.34. The number of rotatable bonds is 6. The number of carbonyl (C=O) groups is 2. The predicted octanol–water partition coefficient (Wildman–Crippen LogP) is 2.04. The molecular weight excluding hydrogens is 370 g/mol. The number of nitrogens with zero attached hydrogens (tertiary/aromatic N) is 1. The monoisotopic (exact) mass is 395 g/mol. The summed E-state index contributed by atoms with van der Waals surface area (Å²) in [5.41, 5.74) is 0.840. The summed E-state index contributed by atoms with van der Waals surface area (Å²) in [4.78, 5) is 23.7. The van der Waals surface area contributed by atoms with Crippen LogP contribution in [0.25, 0.3) is 0 Å². The van der Waals surface area contributed by atoms with Gasteiger partial charge in [0, 0.05) is 25.9 Å². The number of sulfonamides is 1. The summed E-state index contributed by atoms with van der Waals surface area (Å²) in [5, 5.41) is 0. The van der Waals surface area contributed by atoms with Crippen molar-refractivity contribution < 1.29 is 27.5 Å². The number of cyclic esters (lactones) is 1. The third kappa shape index (κ3) is 4.87. The van der Waals surface area contributed by atoms with Crippen molar-refractivity contribution in [2.24, 2.45) is 0 Å². The van der Waals surface area contributed by atoms with E-state index in [9.17, 15) is 18.0 Å². The van der Waals surface area contributed by atoms with Crippen LogP contribution in [0.15, 0.2) is 29.2 Å². The lowest BCUT2D eigenvalue weighted by Crippen LogP contribution is -2.35. The maximum Gasteiger partial charge on any atom is 0.347 e. The first kappa shape index (κ1) is 19.8. The van der Waals surface area contributed by atoms with Crippen LogP contribution in [0.1, 0.15) is 44.6 Å². The largest absolute Gasteiger partial charge is 0.460 e. The molecule has 2 aliphatic heterocycles. The molecule has 0 spiro atoms. The molecule has 2 heterocycles. The Hall–Kier alpha value is -1.93. The number of benzene rings is 1. The van der Waals surface area contributed by atoms with Gasteiger partial charge in [-0.3, -0.25) is 4.79 Å². The molecule has 148 valence electrons. The van der Waals surface area contributed by atoms with Gasteiger partial charge in [0.2, 0.25) is 16.1 Å². The molecule has 0 unspecified atom stereocenters. The lowest BCUT2D eigenvalue weighted by atomic mass is 10.1. The molecule has 3 rings (SSSR count). The Kier molecular flexibility index (Phi) is 6.16. The van der Waals surface area contributed by atoms with E-state index in [1.165, 1.54) is 4.31 Å². The number of hydrogen-bond donors (Lipinski definition) is 0. The van der Waals surface area contributed by atoms with Gasteiger partial charge in [0.15, 0.2) is 0 Å². The van der Waals surface area contributed by atoms with E-state index in [0.29, 0.717) is 25.9 Å². The molecule has 0 aromatic heterocycles. The molecule has 0 N–H and O–H groups in total. The van der Waals surface area contributed by atoms with Gasteiger partial charge in [-0.05, 0) is 43.9 Å². The maximum absolute atomic E-state index is 12.6. The Bertz CT molecular complexity index is 783. The quantitative estimate of drug-likeness (QED) is 0.685. The second-order valence-corrected chi connectivity index (χ2v) is 9.01. The molecule has 1 aromatic rings.